The molecule has 2 N–H and O–H groups in total. The lowest BCUT2D eigenvalue weighted by Gasteiger charge is -2.30. The number of nitrogens with zero attached hydrogens (tertiary/aromatic N) is 1. The summed E-state index contributed by atoms with van der Waals surface area (Å²) in [6, 6.07) is 9.53. The molecule has 0 bridgehead atoms. The van der Waals surface area contributed by atoms with Crippen LogP contribution in [0, 0.1) is 5.82 Å². The predicted octanol–water partition coefficient (Wildman–Crippen LogP) is 3.65. The molecule has 2 aromatic rings. The molecule has 108 valence electrons. The Morgan fingerprint density at radius 2 is 2.05 bits per heavy atom. The minimum absolute atomic E-state index is 0.0316. The number of hydrogen-bond acceptors (Lipinski definition) is 2. The molecule has 21 heavy (non-hydrogen) atoms. The van der Waals surface area contributed by atoms with Gasteiger partial charge in [-0.3, -0.25) is 4.79 Å². The first kappa shape index (κ1) is 13.9. The van der Waals surface area contributed by atoms with Crippen molar-refractivity contribution in [3.8, 4) is 0 Å². The van der Waals surface area contributed by atoms with Crippen molar-refractivity contribution < 1.29 is 9.18 Å². The van der Waals surface area contributed by atoms with Crippen molar-refractivity contribution in [3.63, 3.8) is 0 Å². The van der Waals surface area contributed by atoms with Crippen LogP contribution in [0.15, 0.2) is 36.4 Å². The first-order valence-corrected chi connectivity index (χ1v) is 7.09. The Kier molecular flexibility index (Phi) is 3.55. The molecule has 0 radical (unpaired) electrons. The van der Waals surface area contributed by atoms with Gasteiger partial charge in [0.1, 0.15) is 5.82 Å². The molecule has 5 heteroatoms. The molecule has 0 unspecified atom stereocenters. The quantitative estimate of drug-likeness (QED) is 0.817. The molecule has 1 aliphatic rings. The third kappa shape index (κ3) is 2.59. The number of benzene rings is 2. The number of carbonyl (C=O) groups excluding carboxylic acids is 1. The van der Waals surface area contributed by atoms with E-state index in [1.807, 2.05) is 12.1 Å². The van der Waals surface area contributed by atoms with Gasteiger partial charge in [0.05, 0.1) is 5.56 Å². The van der Waals surface area contributed by atoms with Gasteiger partial charge in [-0.1, -0.05) is 11.6 Å². The Balaban J connectivity index is 2.00. The van der Waals surface area contributed by atoms with Gasteiger partial charge >= 0.3 is 0 Å². The highest BCUT2D eigenvalue weighted by Gasteiger charge is 2.25. The number of carbonyl (C=O) groups is 1. The van der Waals surface area contributed by atoms with Crippen LogP contribution >= 0.6 is 11.6 Å². The van der Waals surface area contributed by atoms with Gasteiger partial charge < -0.3 is 10.6 Å². The van der Waals surface area contributed by atoms with Crippen LogP contribution < -0.4 is 10.6 Å². The number of fused-ring (bicyclic) bond motifs is 1. The van der Waals surface area contributed by atoms with E-state index in [2.05, 4.69) is 0 Å². The smallest absolute Gasteiger partial charge is 0.261 e. The molecule has 3 nitrogen and oxygen atoms in total. The van der Waals surface area contributed by atoms with Crippen molar-refractivity contribution in [3.05, 3.63) is 58.4 Å². The molecule has 0 atom stereocenters. The molecule has 1 heterocycles. The average Bonchev–Trinajstić information content (AvgIpc) is 2.45. The molecule has 0 aliphatic carbocycles. The zero-order valence-corrected chi connectivity index (χ0v) is 12.0. The molecule has 0 saturated carbocycles. The zero-order valence-electron chi connectivity index (χ0n) is 11.3. The molecule has 0 fully saturated rings. The summed E-state index contributed by atoms with van der Waals surface area (Å²) in [4.78, 5) is 14.2. The van der Waals surface area contributed by atoms with Crippen LogP contribution in [-0.4, -0.2) is 12.5 Å². The second-order valence-electron chi connectivity index (χ2n) is 5.07. The number of rotatable bonds is 1. The standard InChI is InChI=1S/C16H14ClFN2O/c17-11-3-5-13(14(18)9-11)16(21)20-7-1-2-10-8-12(19)4-6-15(10)20/h3-6,8-9H,1-2,7,19H2. The molecule has 0 aromatic heterocycles. The highest BCUT2D eigenvalue weighted by atomic mass is 35.5. The summed E-state index contributed by atoms with van der Waals surface area (Å²) >= 11 is 5.73. The number of halogens is 2. The van der Waals surface area contributed by atoms with Gasteiger partial charge in [-0.05, 0) is 54.8 Å². The highest BCUT2D eigenvalue weighted by molar-refractivity contribution is 6.30. The predicted molar refractivity (Wildman–Crippen MR) is 82.3 cm³/mol. The van der Waals surface area contributed by atoms with Crippen molar-refractivity contribution in [2.45, 2.75) is 12.8 Å². The fraction of sp³-hybridized carbons (Fsp3) is 0.188. The molecule has 1 amide bonds. The highest BCUT2D eigenvalue weighted by Crippen LogP contribution is 2.30. The number of nitrogen functional groups attached to an aromatic ring is 1. The molecular formula is C16H14ClFN2O. The number of nitrogens with two attached hydrogens (primary N) is 1. The van der Waals surface area contributed by atoms with Gasteiger partial charge in [-0.2, -0.15) is 0 Å². The minimum atomic E-state index is -0.602. The molecule has 0 spiro atoms. The second kappa shape index (κ2) is 5.37. The van der Waals surface area contributed by atoms with Crippen LogP contribution in [0.4, 0.5) is 15.8 Å². The summed E-state index contributed by atoms with van der Waals surface area (Å²) in [5.74, 6) is -0.954. The van der Waals surface area contributed by atoms with Gasteiger partial charge in [0.15, 0.2) is 0 Å². The lowest BCUT2D eigenvalue weighted by Crippen LogP contribution is -2.36. The third-order valence-electron chi connectivity index (χ3n) is 3.63. The van der Waals surface area contributed by atoms with Crippen LogP contribution in [0.2, 0.25) is 5.02 Å². The van der Waals surface area contributed by atoms with Gasteiger partial charge in [-0.15, -0.1) is 0 Å². The summed E-state index contributed by atoms with van der Waals surface area (Å²) in [5.41, 5.74) is 8.29. The van der Waals surface area contributed by atoms with Crippen molar-refractivity contribution in [2.75, 3.05) is 17.2 Å². The van der Waals surface area contributed by atoms with Crippen LogP contribution in [0.5, 0.6) is 0 Å². The lowest BCUT2D eigenvalue weighted by molar-refractivity contribution is 0.0981. The van der Waals surface area contributed by atoms with Crippen molar-refractivity contribution in [1.29, 1.82) is 0 Å². The number of aryl methyl sites for hydroxylation is 1. The molecule has 1 aliphatic heterocycles. The zero-order chi connectivity index (χ0) is 15.0. The Morgan fingerprint density at radius 3 is 2.81 bits per heavy atom. The summed E-state index contributed by atoms with van der Waals surface area (Å²) < 4.78 is 13.9. The topological polar surface area (TPSA) is 46.3 Å². The normalized spacial score (nSPS) is 13.9. The van der Waals surface area contributed by atoms with E-state index >= 15 is 0 Å². The van der Waals surface area contributed by atoms with E-state index in [1.165, 1.54) is 12.1 Å². The summed E-state index contributed by atoms with van der Waals surface area (Å²) in [7, 11) is 0. The maximum Gasteiger partial charge on any atom is 0.261 e. The Bertz CT molecular complexity index is 717. The minimum Gasteiger partial charge on any atom is -0.399 e. The first-order chi connectivity index (χ1) is 10.1. The van der Waals surface area contributed by atoms with Gasteiger partial charge in [0, 0.05) is 22.9 Å². The number of hydrogen-bond donors (Lipinski definition) is 1. The van der Waals surface area contributed by atoms with Crippen LogP contribution in [-0.2, 0) is 6.42 Å². The van der Waals surface area contributed by atoms with Gasteiger partial charge in [0.2, 0.25) is 0 Å². The van der Waals surface area contributed by atoms with E-state index < -0.39 is 5.82 Å². The number of anilines is 2. The molecule has 2 aromatic carbocycles. The Labute approximate surface area is 127 Å². The Hall–Kier alpha value is -2.07. The van der Waals surface area contributed by atoms with Gasteiger partial charge in [-0.25, -0.2) is 4.39 Å². The SMILES string of the molecule is Nc1ccc2c(c1)CCCN2C(=O)c1ccc(Cl)cc1F. The largest absolute Gasteiger partial charge is 0.399 e. The molecular weight excluding hydrogens is 291 g/mol. The van der Waals surface area contributed by atoms with Crippen LogP contribution in [0.3, 0.4) is 0 Å². The fourth-order valence-corrected chi connectivity index (χ4v) is 2.80. The van der Waals surface area contributed by atoms with E-state index in [0.29, 0.717) is 12.2 Å². The van der Waals surface area contributed by atoms with E-state index in [-0.39, 0.29) is 16.5 Å². The molecule has 0 saturated heterocycles. The molecule has 3 rings (SSSR count). The lowest BCUT2D eigenvalue weighted by atomic mass is 10.00. The van der Waals surface area contributed by atoms with Crippen molar-refractivity contribution in [2.24, 2.45) is 0 Å². The average molecular weight is 305 g/mol. The van der Waals surface area contributed by atoms with E-state index in [9.17, 15) is 9.18 Å². The van der Waals surface area contributed by atoms with E-state index in [0.717, 1.165) is 30.2 Å². The Morgan fingerprint density at radius 1 is 1.24 bits per heavy atom. The third-order valence-corrected chi connectivity index (χ3v) is 3.86. The monoisotopic (exact) mass is 304 g/mol. The first-order valence-electron chi connectivity index (χ1n) is 6.71. The maximum absolute atomic E-state index is 13.9. The van der Waals surface area contributed by atoms with Crippen molar-refractivity contribution >= 4 is 28.9 Å². The van der Waals surface area contributed by atoms with Crippen LogP contribution in [0.1, 0.15) is 22.3 Å². The number of amides is 1. The maximum atomic E-state index is 13.9. The van der Waals surface area contributed by atoms with E-state index in [4.69, 9.17) is 17.3 Å². The van der Waals surface area contributed by atoms with Gasteiger partial charge in [0.25, 0.3) is 5.91 Å². The van der Waals surface area contributed by atoms with Crippen LogP contribution in [0.25, 0.3) is 0 Å². The van der Waals surface area contributed by atoms with E-state index in [1.54, 1.807) is 11.0 Å². The summed E-state index contributed by atoms with van der Waals surface area (Å²) in [6.45, 7) is 0.567. The fourth-order valence-electron chi connectivity index (χ4n) is 2.64. The summed E-state index contributed by atoms with van der Waals surface area (Å²) in [6.07, 6.45) is 1.70. The second-order valence-corrected chi connectivity index (χ2v) is 5.51. The van der Waals surface area contributed by atoms with Crippen molar-refractivity contribution in [1.82, 2.24) is 0 Å². The summed E-state index contributed by atoms with van der Waals surface area (Å²) in [5, 5.41) is 0.274.